The normalized spacial score (nSPS) is 15.2. The predicted octanol–water partition coefficient (Wildman–Crippen LogP) is 3.30. The minimum absolute atomic E-state index is 0.0638. The van der Waals surface area contributed by atoms with Crippen molar-refractivity contribution in [2.75, 3.05) is 13.1 Å². The molecule has 5 nitrogen and oxygen atoms in total. The molecule has 4 rings (SSSR count). The highest BCUT2D eigenvalue weighted by Crippen LogP contribution is 2.19. The van der Waals surface area contributed by atoms with E-state index in [4.69, 9.17) is 0 Å². The second-order valence-corrected chi connectivity index (χ2v) is 7.22. The molecule has 1 aliphatic rings. The van der Waals surface area contributed by atoms with Crippen LogP contribution in [0.3, 0.4) is 0 Å². The summed E-state index contributed by atoms with van der Waals surface area (Å²) in [5.41, 5.74) is 0.933. The molecule has 2 aromatic carbocycles. The first-order valence-electron chi connectivity index (χ1n) is 8.39. The Morgan fingerprint density at radius 1 is 1.12 bits per heavy atom. The second-order valence-electron chi connectivity index (χ2n) is 6.13. The number of nitrogens with zero attached hydrogens (tertiary/aromatic N) is 3. The molecule has 0 bridgehead atoms. The minimum atomic E-state index is -0.196. The van der Waals surface area contributed by atoms with E-state index in [0.717, 1.165) is 47.3 Å². The number of urea groups is 1. The van der Waals surface area contributed by atoms with Gasteiger partial charge in [0.2, 0.25) is 0 Å². The van der Waals surface area contributed by atoms with Crippen LogP contribution < -0.4 is 4.80 Å². The molecule has 3 aromatic rings. The van der Waals surface area contributed by atoms with Gasteiger partial charge in [-0.2, -0.15) is 4.99 Å². The summed E-state index contributed by atoms with van der Waals surface area (Å²) in [4.78, 5) is 19.9. The summed E-state index contributed by atoms with van der Waals surface area (Å²) in [6.45, 7) is 1.48. The number of rotatable bonds is 2. The number of carbonyl (C=O) groups is 1. The van der Waals surface area contributed by atoms with E-state index in [0.29, 0.717) is 4.80 Å². The number of fused-ring (bicyclic) bond motifs is 1. The van der Waals surface area contributed by atoms with E-state index in [1.165, 1.54) is 11.3 Å². The van der Waals surface area contributed by atoms with E-state index in [-0.39, 0.29) is 12.6 Å². The minimum Gasteiger partial charge on any atom is -0.391 e. The van der Waals surface area contributed by atoms with Crippen molar-refractivity contribution < 1.29 is 9.90 Å². The number of aromatic nitrogens is 1. The average molecular weight is 353 g/mol. The van der Waals surface area contributed by atoms with E-state index in [1.807, 2.05) is 29.0 Å². The van der Waals surface area contributed by atoms with Crippen LogP contribution >= 0.6 is 11.3 Å². The molecule has 0 spiro atoms. The van der Waals surface area contributed by atoms with Gasteiger partial charge in [-0.15, -0.1) is 0 Å². The molecule has 1 saturated heterocycles. The SMILES string of the molecule is O=C(/N=c1\sc(CO)cn1-c1ccc2ccccc2c1)N1CCCC1. The molecule has 0 atom stereocenters. The van der Waals surface area contributed by atoms with Gasteiger partial charge < -0.3 is 10.0 Å². The molecular formula is C19H19N3O2S. The molecule has 2 heterocycles. The van der Waals surface area contributed by atoms with Crippen molar-refractivity contribution in [2.24, 2.45) is 4.99 Å². The predicted molar refractivity (Wildman–Crippen MR) is 98.8 cm³/mol. The highest BCUT2D eigenvalue weighted by atomic mass is 32.1. The Morgan fingerprint density at radius 3 is 2.64 bits per heavy atom. The Morgan fingerprint density at radius 2 is 1.88 bits per heavy atom. The molecule has 1 N–H and O–H groups in total. The van der Waals surface area contributed by atoms with E-state index in [2.05, 4.69) is 29.3 Å². The monoisotopic (exact) mass is 353 g/mol. The third kappa shape index (κ3) is 3.23. The summed E-state index contributed by atoms with van der Waals surface area (Å²) in [6.07, 6.45) is 3.93. The molecule has 1 aliphatic heterocycles. The number of likely N-dealkylation sites (tertiary alicyclic amines) is 1. The van der Waals surface area contributed by atoms with Crippen LogP contribution in [-0.2, 0) is 6.61 Å². The zero-order valence-corrected chi connectivity index (χ0v) is 14.6. The number of amides is 2. The Bertz CT molecular complexity index is 983. The van der Waals surface area contributed by atoms with E-state index < -0.39 is 0 Å². The molecule has 0 saturated carbocycles. The fourth-order valence-electron chi connectivity index (χ4n) is 3.11. The highest BCUT2D eigenvalue weighted by molar-refractivity contribution is 7.09. The maximum Gasteiger partial charge on any atom is 0.346 e. The van der Waals surface area contributed by atoms with Crippen LogP contribution in [0.15, 0.2) is 53.7 Å². The van der Waals surface area contributed by atoms with Crippen LogP contribution in [0.25, 0.3) is 16.5 Å². The van der Waals surface area contributed by atoms with Gasteiger partial charge >= 0.3 is 6.03 Å². The number of aliphatic hydroxyl groups excluding tert-OH is 1. The molecule has 1 aromatic heterocycles. The van der Waals surface area contributed by atoms with Crippen molar-refractivity contribution in [3.05, 3.63) is 58.3 Å². The molecule has 6 heteroatoms. The van der Waals surface area contributed by atoms with Crippen LogP contribution in [0, 0.1) is 0 Å². The van der Waals surface area contributed by atoms with Gasteiger partial charge in [-0.25, -0.2) is 4.79 Å². The summed E-state index contributed by atoms with van der Waals surface area (Å²) in [5, 5.41) is 11.8. The van der Waals surface area contributed by atoms with Crippen molar-refractivity contribution >= 4 is 28.1 Å². The van der Waals surface area contributed by atoms with Gasteiger partial charge in [0.05, 0.1) is 11.5 Å². The molecular weight excluding hydrogens is 334 g/mol. The summed E-state index contributed by atoms with van der Waals surface area (Å²) in [5.74, 6) is 0. The first kappa shape index (κ1) is 16.1. The van der Waals surface area contributed by atoms with E-state index >= 15 is 0 Å². The lowest BCUT2D eigenvalue weighted by Crippen LogP contribution is -2.27. The summed E-state index contributed by atoms with van der Waals surface area (Å²) in [7, 11) is 0. The maximum absolute atomic E-state index is 12.4. The van der Waals surface area contributed by atoms with Crippen LogP contribution in [0.1, 0.15) is 17.7 Å². The third-order valence-electron chi connectivity index (χ3n) is 4.44. The van der Waals surface area contributed by atoms with Crippen LogP contribution in [-0.4, -0.2) is 33.7 Å². The summed E-state index contributed by atoms with van der Waals surface area (Å²) < 4.78 is 1.89. The number of aliphatic hydroxyl groups is 1. The Balaban J connectivity index is 1.80. The zero-order valence-electron chi connectivity index (χ0n) is 13.8. The van der Waals surface area contributed by atoms with E-state index in [9.17, 15) is 9.90 Å². The highest BCUT2D eigenvalue weighted by Gasteiger charge is 2.17. The Labute approximate surface area is 149 Å². The van der Waals surface area contributed by atoms with Crippen LogP contribution in [0.2, 0.25) is 0 Å². The van der Waals surface area contributed by atoms with Crippen molar-refractivity contribution in [1.29, 1.82) is 0 Å². The maximum atomic E-state index is 12.4. The summed E-state index contributed by atoms with van der Waals surface area (Å²) >= 11 is 1.35. The lowest BCUT2D eigenvalue weighted by molar-refractivity contribution is 0.218. The van der Waals surface area contributed by atoms with Gasteiger partial charge in [0, 0.05) is 25.0 Å². The molecule has 0 unspecified atom stereocenters. The molecule has 0 radical (unpaired) electrons. The smallest absolute Gasteiger partial charge is 0.346 e. The molecule has 1 fully saturated rings. The molecule has 25 heavy (non-hydrogen) atoms. The number of benzene rings is 2. The largest absolute Gasteiger partial charge is 0.391 e. The van der Waals surface area contributed by atoms with Crippen molar-refractivity contribution in [3.63, 3.8) is 0 Å². The van der Waals surface area contributed by atoms with Crippen LogP contribution in [0.5, 0.6) is 0 Å². The number of carbonyl (C=O) groups excluding carboxylic acids is 1. The van der Waals surface area contributed by atoms with Crippen molar-refractivity contribution in [2.45, 2.75) is 19.4 Å². The first-order valence-corrected chi connectivity index (χ1v) is 9.21. The Hall–Kier alpha value is -2.44. The second kappa shape index (κ2) is 6.82. The zero-order chi connectivity index (χ0) is 17.2. The van der Waals surface area contributed by atoms with Gasteiger partial charge in [-0.1, -0.05) is 41.7 Å². The molecule has 0 aliphatic carbocycles. The summed E-state index contributed by atoms with van der Waals surface area (Å²) in [6, 6.07) is 14.1. The molecule has 128 valence electrons. The van der Waals surface area contributed by atoms with E-state index in [1.54, 1.807) is 4.90 Å². The first-order chi connectivity index (χ1) is 12.2. The van der Waals surface area contributed by atoms with Gasteiger partial charge in [-0.3, -0.25) is 4.57 Å². The number of thiazole rings is 1. The number of hydrogen-bond acceptors (Lipinski definition) is 3. The molecule has 2 amide bonds. The van der Waals surface area contributed by atoms with Gasteiger partial charge in [0.1, 0.15) is 0 Å². The topological polar surface area (TPSA) is 57.8 Å². The fourth-order valence-corrected chi connectivity index (χ4v) is 3.95. The van der Waals surface area contributed by atoms with Gasteiger partial charge in [-0.05, 0) is 35.7 Å². The fraction of sp³-hybridized carbons (Fsp3) is 0.263. The quantitative estimate of drug-likeness (QED) is 0.768. The van der Waals surface area contributed by atoms with Crippen molar-refractivity contribution in [1.82, 2.24) is 9.47 Å². The number of hydrogen-bond donors (Lipinski definition) is 1. The Kier molecular flexibility index (Phi) is 4.38. The van der Waals surface area contributed by atoms with Crippen molar-refractivity contribution in [3.8, 4) is 5.69 Å². The lowest BCUT2D eigenvalue weighted by atomic mass is 10.1. The standard InChI is InChI=1S/C19H19N3O2S/c23-13-17-12-22(16-8-7-14-5-1-2-6-15(14)11-16)19(25-17)20-18(24)21-9-3-4-10-21/h1-2,5-8,11-12,23H,3-4,9-10,13H2/b20-19-. The lowest BCUT2D eigenvalue weighted by Gasteiger charge is -2.10. The van der Waals surface area contributed by atoms with Gasteiger partial charge in [0.15, 0.2) is 4.80 Å². The average Bonchev–Trinajstić information content (AvgIpc) is 3.31. The third-order valence-corrected chi connectivity index (χ3v) is 5.40. The van der Waals surface area contributed by atoms with Crippen LogP contribution in [0.4, 0.5) is 4.79 Å². The van der Waals surface area contributed by atoms with Gasteiger partial charge in [0.25, 0.3) is 0 Å².